The SMILES string of the molecule is CC(C)Cn1cc(-c2ccncc2)cc(N[C@H]2CC[C@@H](c3ccccc3)CC2)c1=O. The van der Waals surface area contributed by atoms with Gasteiger partial charge in [0.05, 0.1) is 0 Å². The number of nitrogens with zero attached hydrogens (tertiary/aromatic N) is 2. The number of hydrogen-bond donors (Lipinski definition) is 1. The zero-order valence-electron chi connectivity index (χ0n) is 17.9. The molecule has 1 aliphatic carbocycles. The Morgan fingerprint density at radius 3 is 2.37 bits per heavy atom. The van der Waals surface area contributed by atoms with E-state index >= 15 is 0 Å². The third-order valence-corrected chi connectivity index (χ3v) is 6.02. The van der Waals surface area contributed by atoms with Crippen molar-refractivity contribution < 1.29 is 0 Å². The normalized spacial score (nSPS) is 19.0. The van der Waals surface area contributed by atoms with Gasteiger partial charge in [0.15, 0.2) is 0 Å². The second-order valence-corrected chi connectivity index (χ2v) is 8.83. The smallest absolute Gasteiger partial charge is 0.273 e. The van der Waals surface area contributed by atoms with Crippen LogP contribution >= 0.6 is 0 Å². The molecule has 0 spiro atoms. The molecule has 1 aromatic carbocycles. The number of pyridine rings is 2. The zero-order chi connectivity index (χ0) is 20.9. The Labute approximate surface area is 179 Å². The third kappa shape index (κ3) is 4.81. The van der Waals surface area contributed by atoms with Gasteiger partial charge in [0.25, 0.3) is 5.56 Å². The molecular weight excluding hydrogens is 370 g/mol. The number of aromatic nitrogens is 2. The fourth-order valence-corrected chi connectivity index (χ4v) is 4.49. The molecule has 4 rings (SSSR count). The monoisotopic (exact) mass is 401 g/mol. The van der Waals surface area contributed by atoms with E-state index in [1.807, 2.05) is 29.0 Å². The van der Waals surface area contributed by atoms with Gasteiger partial charge in [-0.05, 0) is 66.8 Å². The third-order valence-electron chi connectivity index (χ3n) is 6.02. The van der Waals surface area contributed by atoms with Crippen molar-refractivity contribution in [2.75, 3.05) is 5.32 Å². The lowest BCUT2D eigenvalue weighted by atomic mass is 9.82. The van der Waals surface area contributed by atoms with Crippen molar-refractivity contribution in [2.45, 2.75) is 58.0 Å². The van der Waals surface area contributed by atoms with Gasteiger partial charge in [-0.1, -0.05) is 44.2 Å². The van der Waals surface area contributed by atoms with Gasteiger partial charge in [-0.25, -0.2) is 0 Å². The largest absolute Gasteiger partial charge is 0.378 e. The highest BCUT2D eigenvalue weighted by Crippen LogP contribution is 2.34. The van der Waals surface area contributed by atoms with Crippen LogP contribution in [0.15, 0.2) is 71.9 Å². The first-order valence-electron chi connectivity index (χ1n) is 11.1. The van der Waals surface area contributed by atoms with E-state index in [0.717, 1.165) is 36.8 Å². The van der Waals surface area contributed by atoms with Crippen molar-refractivity contribution in [2.24, 2.45) is 5.92 Å². The van der Waals surface area contributed by atoms with Crippen LogP contribution in [0.3, 0.4) is 0 Å². The maximum Gasteiger partial charge on any atom is 0.273 e. The molecule has 1 saturated carbocycles. The molecule has 0 bridgehead atoms. The average molecular weight is 402 g/mol. The molecule has 0 amide bonds. The highest BCUT2D eigenvalue weighted by Gasteiger charge is 2.23. The summed E-state index contributed by atoms with van der Waals surface area (Å²) in [6.45, 7) is 5.00. The minimum atomic E-state index is 0.0756. The molecule has 1 N–H and O–H groups in total. The van der Waals surface area contributed by atoms with Crippen LogP contribution in [-0.4, -0.2) is 15.6 Å². The van der Waals surface area contributed by atoms with E-state index in [1.54, 1.807) is 12.4 Å². The minimum absolute atomic E-state index is 0.0756. The Balaban J connectivity index is 1.54. The fraction of sp³-hybridized carbons (Fsp3) is 0.385. The molecule has 0 saturated heterocycles. The Morgan fingerprint density at radius 1 is 1.00 bits per heavy atom. The van der Waals surface area contributed by atoms with Crippen molar-refractivity contribution >= 4 is 5.69 Å². The van der Waals surface area contributed by atoms with Gasteiger partial charge in [-0.3, -0.25) is 9.78 Å². The van der Waals surface area contributed by atoms with Gasteiger partial charge in [0, 0.05) is 36.7 Å². The fourth-order valence-electron chi connectivity index (χ4n) is 4.49. The van der Waals surface area contributed by atoms with Gasteiger partial charge in [-0.15, -0.1) is 0 Å². The number of hydrogen-bond acceptors (Lipinski definition) is 3. The molecule has 30 heavy (non-hydrogen) atoms. The van der Waals surface area contributed by atoms with Crippen LogP contribution in [0.5, 0.6) is 0 Å². The summed E-state index contributed by atoms with van der Waals surface area (Å²) >= 11 is 0. The lowest BCUT2D eigenvalue weighted by Crippen LogP contribution is -2.31. The van der Waals surface area contributed by atoms with E-state index in [2.05, 4.69) is 54.5 Å². The topological polar surface area (TPSA) is 46.9 Å². The summed E-state index contributed by atoms with van der Waals surface area (Å²) in [6, 6.07) is 17.2. The Hall–Kier alpha value is -2.88. The quantitative estimate of drug-likeness (QED) is 0.576. The Bertz CT molecular complexity index is 1000. The molecule has 4 heteroatoms. The number of nitrogens with one attached hydrogen (secondary N) is 1. The Morgan fingerprint density at radius 2 is 1.70 bits per heavy atom. The van der Waals surface area contributed by atoms with Gasteiger partial charge in [0.2, 0.25) is 0 Å². The number of benzene rings is 1. The molecular formula is C26H31N3O. The molecule has 2 heterocycles. The summed E-state index contributed by atoms with van der Waals surface area (Å²) in [4.78, 5) is 17.3. The number of anilines is 1. The van der Waals surface area contributed by atoms with Crippen molar-refractivity contribution in [3.63, 3.8) is 0 Å². The van der Waals surface area contributed by atoms with E-state index in [9.17, 15) is 4.79 Å². The molecule has 0 atom stereocenters. The van der Waals surface area contributed by atoms with Gasteiger partial charge in [-0.2, -0.15) is 0 Å². The van der Waals surface area contributed by atoms with Crippen LogP contribution in [0.1, 0.15) is 51.0 Å². The van der Waals surface area contributed by atoms with Crippen molar-refractivity contribution in [1.82, 2.24) is 9.55 Å². The molecule has 4 nitrogen and oxygen atoms in total. The average Bonchev–Trinajstić information content (AvgIpc) is 2.78. The summed E-state index contributed by atoms with van der Waals surface area (Å²) in [7, 11) is 0. The second kappa shape index (κ2) is 9.29. The molecule has 1 fully saturated rings. The molecule has 0 aliphatic heterocycles. The lowest BCUT2D eigenvalue weighted by molar-refractivity contribution is 0.411. The summed E-state index contributed by atoms with van der Waals surface area (Å²) < 4.78 is 1.86. The van der Waals surface area contributed by atoms with Crippen molar-refractivity contribution in [3.05, 3.63) is 83.0 Å². The van der Waals surface area contributed by atoms with E-state index in [4.69, 9.17) is 0 Å². The highest BCUT2D eigenvalue weighted by atomic mass is 16.1. The minimum Gasteiger partial charge on any atom is -0.378 e. The lowest BCUT2D eigenvalue weighted by Gasteiger charge is -2.30. The molecule has 2 aromatic heterocycles. The zero-order valence-corrected chi connectivity index (χ0v) is 17.9. The first-order chi connectivity index (χ1) is 14.6. The summed E-state index contributed by atoms with van der Waals surface area (Å²) in [6.07, 6.45) is 10.1. The molecule has 0 unspecified atom stereocenters. The number of rotatable bonds is 6. The van der Waals surface area contributed by atoms with Crippen LogP contribution in [0.4, 0.5) is 5.69 Å². The standard InChI is InChI=1S/C26H31N3O/c1-19(2)17-29-18-23(22-12-14-27-15-13-22)16-25(26(29)30)28-24-10-8-21(9-11-24)20-6-4-3-5-7-20/h3-7,12-16,18-19,21,24,28H,8-11,17H2,1-2H3/t21-,24+. The summed E-state index contributed by atoms with van der Waals surface area (Å²) in [5.74, 6) is 1.04. The second-order valence-electron chi connectivity index (χ2n) is 8.83. The highest BCUT2D eigenvalue weighted by molar-refractivity contribution is 5.66. The van der Waals surface area contributed by atoms with Crippen LogP contribution in [-0.2, 0) is 6.54 Å². The molecule has 3 aromatic rings. The van der Waals surface area contributed by atoms with Crippen molar-refractivity contribution in [1.29, 1.82) is 0 Å². The Kier molecular flexibility index (Phi) is 6.32. The van der Waals surface area contributed by atoms with Crippen molar-refractivity contribution in [3.8, 4) is 11.1 Å². The molecule has 156 valence electrons. The van der Waals surface area contributed by atoms with Crippen LogP contribution in [0.2, 0.25) is 0 Å². The van der Waals surface area contributed by atoms with E-state index in [0.29, 0.717) is 30.1 Å². The van der Waals surface area contributed by atoms with Crippen LogP contribution < -0.4 is 10.9 Å². The van der Waals surface area contributed by atoms with Gasteiger partial charge in [0.1, 0.15) is 5.69 Å². The molecule has 1 aliphatic rings. The first-order valence-corrected chi connectivity index (χ1v) is 11.1. The van der Waals surface area contributed by atoms with Gasteiger partial charge < -0.3 is 9.88 Å². The predicted octanol–water partition coefficient (Wildman–Crippen LogP) is 5.70. The van der Waals surface area contributed by atoms with E-state index < -0.39 is 0 Å². The van der Waals surface area contributed by atoms with Crippen LogP contribution in [0.25, 0.3) is 11.1 Å². The maximum absolute atomic E-state index is 13.1. The van der Waals surface area contributed by atoms with E-state index in [-0.39, 0.29) is 5.56 Å². The van der Waals surface area contributed by atoms with Crippen LogP contribution in [0, 0.1) is 5.92 Å². The van der Waals surface area contributed by atoms with E-state index in [1.165, 1.54) is 5.56 Å². The van der Waals surface area contributed by atoms with Gasteiger partial charge >= 0.3 is 0 Å². The maximum atomic E-state index is 13.1. The summed E-state index contributed by atoms with van der Waals surface area (Å²) in [5, 5.41) is 3.60. The molecule has 0 radical (unpaired) electrons. The summed E-state index contributed by atoms with van der Waals surface area (Å²) in [5.41, 5.74) is 4.37. The predicted molar refractivity (Wildman–Crippen MR) is 124 cm³/mol. The first kappa shape index (κ1) is 20.4.